The van der Waals surface area contributed by atoms with Crippen molar-refractivity contribution in [1.82, 2.24) is 14.8 Å². The number of aromatic nitrogens is 1. The quantitative estimate of drug-likeness (QED) is 0.564. The van der Waals surface area contributed by atoms with Crippen LogP contribution in [-0.2, 0) is 11.3 Å². The Kier molecular flexibility index (Phi) is 5.52. The summed E-state index contributed by atoms with van der Waals surface area (Å²) in [6.07, 6.45) is 3.47. The highest BCUT2D eigenvalue weighted by atomic mass is 32.1. The van der Waals surface area contributed by atoms with E-state index in [1.165, 1.54) is 4.88 Å². The standard InChI is InChI=1S/C22H21N3O3S2/c26-22(6-4-16-3-5-18-19(12-16)28-15-27-18)25-9-7-24(8-10-25)13-21-23-17(14-30-21)20-2-1-11-29-20/h1-6,11-12,14H,7-10,13,15H2. The summed E-state index contributed by atoms with van der Waals surface area (Å²) in [7, 11) is 0. The Morgan fingerprint density at radius 2 is 1.97 bits per heavy atom. The number of ether oxygens (including phenoxy) is 2. The number of nitrogens with zero attached hydrogens (tertiary/aromatic N) is 3. The number of thiazole rings is 1. The second-order valence-corrected chi connectivity index (χ2v) is 9.04. The van der Waals surface area contributed by atoms with Gasteiger partial charge in [0.15, 0.2) is 11.5 Å². The van der Waals surface area contributed by atoms with Gasteiger partial charge in [-0.3, -0.25) is 9.69 Å². The lowest BCUT2D eigenvalue weighted by atomic mass is 10.2. The molecule has 0 aliphatic carbocycles. The van der Waals surface area contributed by atoms with Crippen LogP contribution in [-0.4, -0.2) is 53.7 Å². The molecular weight excluding hydrogens is 418 g/mol. The zero-order chi connectivity index (χ0) is 20.3. The molecule has 0 spiro atoms. The number of thiophene rings is 1. The summed E-state index contributed by atoms with van der Waals surface area (Å²) in [5, 5.41) is 5.33. The van der Waals surface area contributed by atoms with Gasteiger partial charge < -0.3 is 14.4 Å². The number of carbonyl (C=O) groups excluding carboxylic acids is 1. The van der Waals surface area contributed by atoms with Gasteiger partial charge in [0.05, 0.1) is 17.1 Å². The number of carbonyl (C=O) groups is 1. The number of benzene rings is 1. The van der Waals surface area contributed by atoms with E-state index in [1.807, 2.05) is 29.2 Å². The van der Waals surface area contributed by atoms with Crippen molar-refractivity contribution in [2.45, 2.75) is 6.54 Å². The summed E-state index contributed by atoms with van der Waals surface area (Å²) >= 11 is 3.42. The first-order valence-electron chi connectivity index (χ1n) is 9.82. The fourth-order valence-corrected chi connectivity index (χ4v) is 5.12. The summed E-state index contributed by atoms with van der Waals surface area (Å²) in [6.45, 7) is 4.27. The first kappa shape index (κ1) is 19.3. The first-order chi connectivity index (χ1) is 14.7. The van der Waals surface area contributed by atoms with Crippen molar-refractivity contribution in [3.8, 4) is 22.1 Å². The van der Waals surface area contributed by atoms with Crippen LogP contribution in [0.3, 0.4) is 0 Å². The third-order valence-corrected chi connectivity index (χ3v) is 6.91. The van der Waals surface area contributed by atoms with E-state index in [9.17, 15) is 4.79 Å². The molecule has 1 amide bonds. The second kappa shape index (κ2) is 8.59. The van der Waals surface area contributed by atoms with Crippen molar-refractivity contribution in [1.29, 1.82) is 0 Å². The van der Waals surface area contributed by atoms with Crippen LogP contribution in [0.15, 0.2) is 47.2 Å². The van der Waals surface area contributed by atoms with Gasteiger partial charge in [0.1, 0.15) is 5.01 Å². The maximum Gasteiger partial charge on any atom is 0.246 e. The molecule has 154 valence electrons. The molecule has 3 aromatic rings. The van der Waals surface area contributed by atoms with Crippen molar-refractivity contribution < 1.29 is 14.3 Å². The summed E-state index contributed by atoms with van der Waals surface area (Å²) in [5.41, 5.74) is 1.99. The zero-order valence-corrected chi connectivity index (χ0v) is 18.0. The van der Waals surface area contributed by atoms with Crippen LogP contribution in [0.5, 0.6) is 11.5 Å². The van der Waals surface area contributed by atoms with Crippen LogP contribution in [0.1, 0.15) is 10.6 Å². The molecule has 6 nitrogen and oxygen atoms in total. The van der Waals surface area contributed by atoms with E-state index in [0.29, 0.717) is 0 Å². The molecule has 30 heavy (non-hydrogen) atoms. The van der Waals surface area contributed by atoms with Crippen LogP contribution in [0.25, 0.3) is 16.6 Å². The van der Waals surface area contributed by atoms with Gasteiger partial charge in [-0.05, 0) is 35.2 Å². The van der Waals surface area contributed by atoms with Crippen molar-refractivity contribution in [2.75, 3.05) is 33.0 Å². The molecular formula is C22H21N3O3S2. The minimum Gasteiger partial charge on any atom is -0.454 e. The Bertz CT molecular complexity index is 1050. The zero-order valence-electron chi connectivity index (χ0n) is 16.3. The third-order valence-electron chi connectivity index (χ3n) is 5.18. The van der Waals surface area contributed by atoms with Gasteiger partial charge in [0.25, 0.3) is 0 Å². The second-order valence-electron chi connectivity index (χ2n) is 7.15. The van der Waals surface area contributed by atoms with Gasteiger partial charge in [-0.2, -0.15) is 0 Å². The SMILES string of the molecule is O=C(C=Cc1ccc2c(c1)OCO2)N1CCN(Cc2nc(-c3cccs3)cs2)CC1. The smallest absolute Gasteiger partial charge is 0.246 e. The molecule has 0 N–H and O–H groups in total. The van der Waals surface area contributed by atoms with Gasteiger partial charge in [-0.25, -0.2) is 4.98 Å². The Balaban J connectivity index is 1.13. The molecule has 8 heteroatoms. The summed E-state index contributed by atoms with van der Waals surface area (Å²) in [6, 6.07) is 9.84. The third kappa shape index (κ3) is 4.26. The van der Waals surface area contributed by atoms with E-state index in [0.717, 1.165) is 60.5 Å². The first-order valence-corrected chi connectivity index (χ1v) is 11.6. The van der Waals surface area contributed by atoms with Crippen molar-refractivity contribution in [2.24, 2.45) is 0 Å². The molecule has 2 aromatic heterocycles. The van der Waals surface area contributed by atoms with E-state index in [-0.39, 0.29) is 12.7 Å². The number of fused-ring (bicyclic) bond motifs is 1. The van der Waals surface area contributed by atoms with Gasteiger partial charge in [0.2, 0.25) is 12.7 Å². The van der Waals surface area contributed by atoms with Gasteiger partial charge >= 0.3 is 0 Å². The number of amides is 1. The molecule has 1 saturated heterocycles. The number of hydrogen-bond donors (Lipinski definition) is 0. The molecule has 5 rings (SSSR count). The lowest BCUT2D eigenvalue weighted by molar-refractivity contribution is -0.127. The minimum atomic E-state index is 0.0431. The molecule has 1 aromatic carbocycles. The molecule has 2 aliphatic rings. The number of hydrogen-bond acceptors (Lipinski definition) is 7. The molecule has 0 saturated carbocycles. The highest BCUT2D eigenvalue weighted by Gasteiger charge is 2.21. The fourth-order valence-electron chi connectivity index (χ4n) is 3.53. The molecule has 4 heterocycles. The normalized spacial score (nSPS) is 16.5. The lowest BCUT2D eigenvalue weighted by Gasteiger charge is -2.33. The molecule has 0 atom stereocenters. The highest BCUT2D eigenvalue weighted by molar-refractivity contribution is 7.14. The van der Waals surface area contributed by atoms with Crippen LogP contribution < -0.4 is 9.47 Å². The molecule has 1 fully saturated rings. The van der Waals surface area contributed by atoms with E-state index < -0.39 is 0 Å². The Morgan fingerprint density at radius 1 is 1.10 bits per heavy atom. The summed E-state index contributed by atoms with van der Waals surface area (Å²) in [4.78, 5) is 22.8. The number of piperazine rings is 1. The molecule has 0 unspecified atom stereocenters. The Morgan fingerprint density at radius 3 is 2.80 bits per heavy atom. The van der Waals surface area contributed by atoms with Gasteiger partial charge in [-0.15, -0.1) is 22.7 Å². The van der Waals surface area contributed by atoms with Crippen LogP contribution in [0.4, 0.5) is 0 Å². The Labute approximate surface area is 183 Å². The van der Waals surface area contributed by atoms with Gasteiger partial charge in [-0.1, -0.05) is 12.1 Å². The maximum atomic E-state index is 12.6. The summed E-state index contributed by atoms with van der Waals surface area (Å²) < 4.78 is 10.7. The van der Waals surface area contributed by atoms with Crippen molar-refractivity contribution >= 4 is 34.7 Å². The topological polar surface area (TPSA) is 54.9 Å². The fraction of sp³-hybridized carbons (Fsp3) is 0.273. The Hall–Kier alpha value is -2.68. The highest BCUT2D eigenvalue weighted by Crippen LogP contribution is 2.32. The van der Waals surface area contributed by atoms with Crippen LogP contribution >= 0.6 is 22.7 Å². The van der Waals surface area contributed by atoms with E-state index >= 15 is 0 Å². The average Bonchev–Trinajstić information content (AvgIpc) is 3.53. The minimum absolute atomic E-state index is 0.0431. The van der Waals surface area contributed by atoms with Crippen LogP contribution in [0, 0.1) is 0 Å². The number of rotatable bonds is 5. The van der Waals surface area contributed by atoms with E-state index in [4.69, 9.17) is 14.5 Å². The predicted molar refractivity (Wildman–Crippen MR) is 119 cm³/mol. The molecule has 0 radical (unpaired) electrons. The van der Waals surface area contributed by atoms with E-state index in [1.54, 1.807) is 28.7 Å². The largest absolute Gasteiger partial charge is 0.454 e. The molecule has 0 bridgehead atoms. The average molecular weight is 440 g/mol. The predicted octanol–water partition coefficient (Wildman–Crippen LogP) is 3.96. The lowest BCUT2D eigenvalue weighted by Crippen LogP contribution is -2.47. The monoisotopic (exact) mass is 439 g/mol. The van der Waals surface area contributed by atoms with Crippen molar-refractivity contribution in [3.63, 3.8) is 0 Å². The maximum absolute atomic E-state index is 12.6. The van der Waals surface area contributed by atoms with Crippen molar-refractivity contribution in [3.05, 3.63) is 57.7 Å². The van der Waals surface area contributed by atoms with Crippen LogP contribution in [0.2, 0.25) is 0 Å². The van der Waals surface area contributed by atoms with Gasteiger partial charge in [0, 0.05) is 37.6 Å². The van der Waals surface area contributed by atoms with E-state index in [2.05, 4.69) is 27.8 Å². The summed E-state index contributed by atoms with van der Waals surface area (Å²) in [5.74, 6) is 1.52. The molecule has 2 aliphatic heterocycles.